The van der Waals surface area contributed by atoms with E-state index in [2.05, 4.69) is 146 Å². The molecule has 0 aromatic heterocycles. The Kier molecular flexibility index (Phi) is 4.62. The highest BCUT2D eigenvalue weighted by Gasteiger charge is 2.17. The maximum absolute atomic E-state index is 2.42. The van der Waals surface area contributed by atoms with Gasteiger partial charge in [-0.1, -0.05) is 140 Å². The molecule has 0 atom stereocenters. The lowest BCUT2D eigenvalue weighted by Gasteiger charge is -2.19. The molecule has 0 bridgehead atoms. The Morgan fingerprint density at radius 3 is 1.63 bits per heavy atom. The number of hydrogen-bond donors (Lipinski definition) is 0. The number of hydrogen-bond acceptors (Lipinski definition) is 0. The van der Waals surface area contributed by atoms with Crippen LogP contribution in [-0.4, -0.2) is 0 Å². The highest BCUT2D eigenvalue weighted by Crippen LogP contribution is 2.45. The highest BCUT2D eigenvalue weighted by atomic mass is 14.2. The first-order valence-electron chi connectivity index (χ1n) is 13.2. The van der Waals surface area contributed by atoms with E-state index in [1.54, 1.807) is 0 Å². The Labute approximate surface area is 221 Å². The van der Waals surface area contributed by atoms with Crippen molar-refractivity contribution >= 4 is 43.1 Å². The van der Waals surface area contributed by atoms with Gasteiger partial charge in [-0.05, 0) is 82.5 Å². The molecule has 8 rings (SSSR count). The molecule has 0 aliphatic rings. The van der Waals surface area contributed by atoms with E-state index in [4.69, 9.17) is 0 Å². The summed E-state index contributed by atoms with van der Waals surface area (Å²) in [4.78, 5) is 0. The molecule has 0 heteroatoms. The van der Waals surface area contributed by atoms with Crippen LogP contribution in [0.15, 0.2) is 146 Å². The summed E-state index contributed by atoms with van der Waals surface area (Å²) in [5.74, 6) is 0. The van der Waals surface area contributed by atoms with Crippen molar-refractivity contribution in [3.05, 3.63) is 146 Å². The summed E-state index contributed by atoms with van der Waals surface area (Å²) >= 11 is 0. The number of benzene rings is 8. The maximum atomic E-state index is 2.42. The zero-order valence-corrected chi connectivity index (χ0v) is 20.9. The van der Waals surface area contributed by atoms with Crippen molar-refractivity contribution in [1.82, 2.24) is 0 Å². The van der Waals surface area contributed by atoms with Gasteiger partial charge in [0.2, 0.25) is 0 Å². The van der Waals surface area contributed by atoms with Crippen molar-refractivity contribution in [3.8, 4) is 33.4 Å². The van der Waals surface area contributed by atoms with Crippen molar-refractivity contribution in [2.75, 3.05) is 0 Å². The topological polar surface area (TPSA) is 0 Å². The van der Waals surface area contributed by atoms with E-state index in [1.807, 2.05) is 0 Å². The van der Waals surface area contributed by atoms with E-state index in [-0.39, 0.29) is 0 Å². The average molecular weight is 481 g/mol. The summed E-state index contributed by atoms with van der Waals surface area (Å²) in [7, 11) is 0. The lowest BCUT2D eigenvalue weighted by atomic mass is 9.84. The fraction of sp³-hybridized carbons (Fsp3) is 0. The predicted octanol–water partition coefficient (Wildman–Crippen LogP) is 10.7. The molecule has 0 saturated carbocycles. The second kappa shape index (κ2) is 8.30. The molecule has 176 valence electrons. The third kappa shape index (κ3) is 3.17. The molecule has 0 amide bonds. The van der Waals surface area contributed by atoms with Gasteiger partial charge in [0.15, 0.2) is 0 Å². The first kappa shape index (κ1) is 21.2. The van der Waals surface area contributed by atoms with Gasteiger partial charge in [-0.3, -0.25) is 0 Å². The van der Waals surface area contributed by atoms with Gasteiger partial charge in [-0.25, -0.2) is 0 Å². The summed E-state index contributed by atoms with van der Waals surface area (Å²) < 4.78 is 0. The van der Waals surface area contributed by atoms with Crippen LogP contribution in [0.5, 0.6) is 0 Å². The monoisotopic (exact) mass is 480 g/mol. The molecule has 8 aromatic carbocycles. The third-order valence-electron chi connectivity index (χ3n) is 8.03. The van der Waals surface area contributed by atoms with Crippen molar-refractivity contribution in [2.45, 2.75) is 0 Å². The van der Waals surface area contributed by atoms with Crippen LogP contribution in [0.3, 0.4) is 0 Å². The summed E-state index contributed by atoms with van der Waals surface area (Å²) in [6.45, 7) is 0. The van der Waals surface area contributed by atoms with Crippen LogP contribution in [0, 0.1) is 0 Å². The predicted molar refractivity (Wildman–Crippen MR) is 164 cm³/mol. The number of rotatable bonds is 3. The molecule has 8 aromatic rings. The minimum atomic E-state index is 1.24. The van der Waals surface area contributed by atoms with Crippen molar-refractivity contribution < 1.29 is 0 Å². The first-order chi connectivity index (χ1) is 18.8. The van der Waals surface area contributed by atoms with Crippen molar-refractivity contribution in [2.24, 2.45) is 0 Å². The highest BCUT2D eigenvalue weighted by molar-refractivity contribution is 6.28. The fourth-order valence-electron chi connectivity index (χ4n) is 6.23. The summed E-state index contributed by atoms with van der Waals surface area (Å²) in [5, 5.41) is 10.5. The zero-order valence-electron chi connectivity index (χ0n) is 20.9. The molecular formula is C38H24. The summed E-state index contributed by atoms with van der Waals surface area (Å²) in [6, 6.07) is 53.3. The van der Waals surface area contributed by atoms with Crippen molar-refractivity contribution in [3.63, 3.8) is 0 Å². The van der Waals surface area contributed by atoms with Gasteiger partial charge < -0.3 is 0 Å². The second-order valence-electron chi connectivity index (χ2n) is 10.1. The van der Waals surface area contributed by atoms with Crippen LogP contribution >= 0.6 is 0 Å². The molecular weight excluding hydrogens is 456 g/mol. The average Bonchev–Trinajstić information content (AvgIpc) is 3.00. The molecule has 0 saturated heterocycles. The van der Waals surface area contributed by atoms with E-state index < -0.39 is 0 Å². The Balaban J connectivity index is 1.47. The lowest BCUT2D eigenvalue weighted by molar-refractivity contribution is 1.60. The smallest absolute Gasteiger partial charge is 0.00143 e. The molecule has 38 heavy (non-hydrogen) atoms. The number of fused-ring (bicyclic) bond motifs is 1. The molecule has 0 heterocycles. The van der Waals surface area contributed by atoms with Crippen LogP contribution in [0.25, 0.3) is 76.5 Å². The van der Waals surface area contributed by atoms with Gasteiger partial charge >= 0.3 is 0 Å². The van der Waals surface area contributed by atoms with Crippen LogP contribution in [0.1, 0.15) is 0 Å². The lowest BCUT2D eigenvalue weighted by Crippen LogP contribution is -1.92. The Morgan fingerprint density at radius 1 is 0.263 bits per heavy atom. The van der Waals surface area contributed by atoms with Crippen LogP contribution in [0.2, 0.25) is 0 Å². The van der Waals surface area contributed by atoms with Crippen LogP contribution in [0.4, 0.5) is 0 Å². The van der Waals surface area contributed by atoms with Crippen LogP contribution in [-0.2, 0) is 0 Å². The largest absolute Gasteiger partial charge is 0.0622 e. The molecule has 0 N–H and O–H groups in total. The van der Waals surface area contributed by atoms with E-state index in [0.29, 0.717) is 0 Å². The molecule has 0 nitrogen and oxygen atoms in total. The molecule has 0 spiro atoms. The van der Waals surface area contributed by atoms with Crippen molar-refractivity contribution in [1.29, 1.82) is 0 Å². The zero-order chi connectivity index (χ0) is 25.1. The summed E-state index contributed by atoms with van der Waals surface area (Å²) in [5.41, 5.74) is 7.56. The first-order valence-corrected chi connectivity index (χ1v) is 13.2. The minimum Gasteiger partial charge on any atom is -0.0622 e. The summed E-state index contributed by atoms with van der Waals surface area (Å²) in [6.07, 6.45) is 0. The quantitative estimate of drug-likeness (QED) is 0.221. The molecule has 0 radical (unpaired) electrons. The third-order valence-corrected chi connectivity index (χ3v) is 8.03. The van der Waals surface area contributed by atoms with Gasteiger partial charge in [-0.15, -0.1) is 0 Å². The normalized spacial score (nSPS) is 11.7. The Bertz CT molecular complexity index is 2080. The Morgan fingerprint density at radius 2 is 0.842 bits per heavy atom. The van der Waals surface area contributed by atoms with Crippen LogP contribution < -0.4 is 0 Å². The Hall–Kier alpha value is -4.94. The molecule has 0 aliphatic heterocycles. The second-order valence-corrected chi connectivity index (χ2v) is 10.1. The molecule has 0 aliphatic carbocycles. The maximum Gasteiger partial charge on any atom is -0.00143 e. The fourth-order valence-corrected chi connectivity index (χ4v) is 6.23. The van der Waals surface area contributed by atoms with Gasteiger partial charge in [0.25, 0.3) is 0 Å². The van der Waals surface area contributed by atoms with E-state index >= 15 is 0 Å². The van der Waals surface area contributed by atoms with Gasteiger partial charge in [0, 0.05) is 0 Å². The standard InChI is InChI=1S/C38H24/c1-2-8-25(9-3-1)26-16-18-28(19-17-26)35-24-36(32-15-7-11-27-10-4-5-14-31(27)32)34-23-21-30-13-6-12-29-20-22-33(35)38(34)37(29)30/h1-24H. The van der Waals surface area contributed by atoms with Gasteiger partial charge in [0.05, 0.1) is 0 Å². The van der Waals surface area contributed by atoms with E-state index in [1.165, 1.54) is 76.5 Å². The minimum absolute atomic E-state index is 1.24. The van der Waals surface area contributed by atoms with Gasteiger partial charge in [0.1, 0.15) is 0 Å². The van der Waals surface area contributed by atoms with E-state index in [0.717, 1.165) is 0 Å². The molecule has 0 unspecified atom stereocenters. The SMILES string of the molecule is c1ccc(-c2ccc(-c3cc(-c4cccc5ccccc45)c4ccc5cccc6ccc3c4c65)cc2)cc1. The molecule has 0 fully saturated rings. The van der Waals surface area contributed by atoms with E-state index in [9.17, 15) is 0 Å². The van der Waals surface area contributed by atoms with Gasteiger partial charge in [-0.2, -0.15) is 0 Å².